The van der Waals surface area contributed by atoms with Gasteiger partial charge in [-0.05, 0) is 62.7 Å². The van der Waals surface area contributed by atoms with Gasteiger partial charge in [0, 0.05) is 23.5 Å². The van der Waals surface area contributed by atoms with E-state index in [2.05, 4.69) is 35.8 Å². The summed E-state index contributed by atoms with van der Waals surface area (Å²) in [6.45, 7) is 4.86. The molecule has 6 N–H and O–H groups in total. The molecule has 0 aliphatic carbocycles. The number of hydrogen-bond donors (Lipinski definition) is 6. The van der Waals surface area contributed by atoms with Crippen molar-refractivity contribution in [3.05, 3.63) is 74.4 Å². The summed E-state index contributed by atoms with van der Waals surface area (Å²) in [5.41, 5.74) is -1.18. The summed E-state index contributed by atoms with van der Waals surface area (Å²) in [7, 11) is -9.29. The maximum absolute atomic E-state index is 12.8. The van der Waals surface area contributed by atoms with Gasteiger partial charge >= 0.3 is 5.69 Å². The molecule has 2 aromatic heterocycles. The van der Waals surface area contributed by atoms with Crippen LogP contribution in [-0.4, -0.2) is 50.6 Å². The molecule has 0 bridgehead atoms. The molecule has 0 fully saturated rings. The highest BCUT2D eigenvalue weighted by molar-refractivity contribution is 7.86. The maximum atomic E-state index is 12.8. The van der Waals surface area contributed by atoms with E-state index in [4.69, 9.17) is 0 Å². The van der Waals surface area contributed by atoms with Gasteiger partial charge in [-0.3, -0.25) is 23.5 Å². The van der Waals surface area contributed by atoms with Crippen molar-refractivity contribution in [3.63, 3.8) is 0 Å². The zero-order valence-electron chi connectivity index (χ0n) is 22.6. The van der Waals surface area contributed by atoms with E-state index in [0.717, 1.165) is 28.8 Å². The number of benzene rings is 2. The van der Waals surface area contributed by atoms with Crippen LogP contribution in [0.15, 0.2) is 72.1 Å². The molecule has 0 spiro atoms. The fraction of sp³-hybridized carbons (Fsp3) is 0.167. The van der Waals surface area contributed by atoms with Gasteiger partial charge in [0.2, 0.25) is 11.9 Å². The van der Waals surface area contributed by atoms with E-state index in [0.29, 0.717) is 11.1 Å². The van der Waals surface area contributed by atoms with Gasteiger partial charge < -0.3 is 15.7 Å². The highest BCUT2D eigenvalue weighted by Gasteiger charge is 2.19. The van der Waals surface area contributed by atoms with Crippen molar-refractivity contribution in [2.45, 2.75) is 37.1 Å². The Bertz CT molecular complexity index is 2110. The minimum Gasteiger partial charge on any atom is -0.494 e. The zero-order valence-corrected chi connectivity index (χ0v) is 24.2. The molecule has 19 heteroatoms. The van der Waals surface area contributed by atoms with Gasteiger partial charge in [-0.25, -0.2) is 4.79 Å². The average Bonchev–Trinajstić information content (AvgIpc) is 2.91. The van der Waals surface area contributed by atoms with Crippen LogP contribution in [-0.2, 0) is 26.8 Å². The third kappa shape index (κ3) is 6.92. The number of anilines is 4. The maximum Gasteiger partial charge on any atom is 0.351 e. The molecule has 0 unspecified atom stereocenters. The average molecular weight is 633 g/mol. The Morgan fingerprint density at radius 2 is 1.60 bits per heavy atom. The lowest BCUT2D eigenvalue weighted by molar-refractivity contribution is 0.406. The van der Waals surface area contributed by atoms with Gasteiger partial charge in [-0.1, -0.05) is 6.07 Å². The predicted molar refractivity (Wildman–Crippen MR) is 153 cm³/mol. The summed E-state index contributed by atoms with van der Waals surface area (Å²) in [6.07, 6.45) is 0. The molecule has 17 nitrogen and oxygen atoms in total. The van der Waals surface area contributed by atoms with Crippen LogP contribution in [0, 0.1) is 13.8 Å². The highest BCUT2D eigenvalue weighted by Crippen LogP contribution is 2.32. The van der Waals surface area contributed by atoms with Crippen LogP contribution in [0.1, 0.15) is 18.1 Å². The van der Waals surface area contributed by atoms with Crippen molar-refractivity contribution in [2.24, 2.45) is 10.2 Å². The number of pyridine rings is 1. The number of aromatic nitrogens is 4. The lowest BCUT2D eigenvalue weighted by atomic mass is 10.1. The number of hydrogen-bond acceptors (Lipinski definition) is 13. The third-order valence-electron chi connectivity index (χ3n) is 6.07. The van der Waals surface area contributed by atoms with Gasteiger partial charge in [-0.2, -0.15) is 26.8 Å². The second kappa shape index (κ2) is 11.7. The molecule has 0 amide bonds. The topological polar surface area (TPSA) is 258 Å². The van der Waals surface area contributed by atoms with E-state index in [9.17, 15) is 40.6 Å². The van der Waals surface area contributed by atoms with Gasteiger partial charge in [0.25, 0.3) is 25.8 Å². The van der Waals surface area contributed by atoms with E-state index in [1.807, 2.05) is 0 Å². The number of azo groups is 1. The number of nitrogens with one attached hydrogen (secondary N) is 3. The van der Waals surface area contributed by atoms with Crippen molar-refractivity contribution < 1.29 is 31.0 Å². The fourth-order valence-corrected chi connectivity index (χ4v) is 4.97. The van der Waals surface area contributed by atoms with Crippen LogP contribution in [0.25, 0.3) is 0 Å². The lowest BCUT2D eigenvalue weighted by Crippen LogP contribution is -2.20. The molecule has 0 saturated heterocycles. The molecule has 0 atom stereocenters. The van der Waals surface area contributed by atoms with E-state index < -0.39 is 41.3 Å². The van der Waals surface area contributed by atoms with Crippen molar-refractivity contribution in [3.8, 4) is 5.88 Å². The first kappa shape index (κ1) is 31.0. The molecule has 4 aromatic rings. The van der Waals surface area contributed by atoms with E-state index in [1.54, 1.807) is 13.8 Å². The smallest absolute Gasteiger partial charge is 0.351 e. The third-order valence-corrected chi connectivity index (χ3v) is 7.82. The number of aromatic hydroxyl groups is 1. The second-order valence-electron chi connectivity index (χ2n) is 8.91. The van der Waals surface area contributed by atoms with Crippen molar-refractivity contribution in [1.82, 2.24) is 19.5 Å². The molecular weight excluding hydrogens is 608 g/mol. The Morgan fingerprint density at radius 1 is 0.907 bits per heavy atom. The fourth-order valence-electron chi connectivity index (χ4n) is 3.84. The normalized spacial score (nSPS) is 12.0. The molecule has 0 aliphatic rings. The van der Waals surface area contributed by atoms with Crippen LogP contribution in [0.5, 0.6) is 5.88 Å². The predicted octanol–water partition coefficient (Wildman–Crippen LogP) is 3.06. The molecule has 4 rings (SSSR count). The van der Waals surface area contributed by atoms with Crippen LogP contribution in [0.4, 0.5) is 34.6 Å². The van der Waals surface area contributed by atoms with Gasteiger partial charge in [-0.15, -0.1) is 10.2 Å². The molecule has 2 heterocycles. The summed E-state index contributed by atoms with van der Waals surface area (Å²) in [6, 6.07) is 8.40. The molecule has 2 aromatic carbocycles. The van der Waals surface area contributed by atoms with Gasteiger partial charge in [0.15, 0.2) is 11.6 Å². The number of rotatable bonds is 9. The minimum atomic E-state index is -4.80. The standard InChI is InChI=1S/C24H24N8O9S2/c1-4-32-20(33)13(3)12(2)19(21(32)34)31-30-17-11-15(8-9-18(17)43(39,40)41)26-23-27-22(28-24(35)29-23)25-14-6-5-7-16(10-14)42(36,37)38/h5-11,33H,4H2,1-3H3,(H,36,37,38)(H,39,40,41)(H3,25,26,27,28,29,35). The summed E-state index contributed by atoms with van der Waals surface area (Å²) in [5, 5.41) is 23.4. The Morgan fingerprint density at radius 3 is 2.26 bits per heavy atom. The molecule has 0 radical (unpaired) electrons. The summed E-state index contributed by atoms with van der Waals surface area (Å²) in [5.74, 6) is -0.697. The van der Waals surface area contributed by atoms with E-state index >= 15 is 0 Å². The SMILES string of the molecule is CCn1c(O)c(C)c(C)c(N=Nc2cc(Nc3nc(Nc4cccc(S(=O)(=O)O)c4)[nH]c(=O)n3)ccc2S(=O)(=O)O)c1=O. The molecule has 226 valence electrons. The Balaban J connectivity index is 1.71. The first-order chi connectivity index (χ1) is 20.1. The van der Waals surface area contributed by atoms with Crippen LogP contribution < -0.4 is 21.9 Å². The minimum absolute atomic E-state index is 0.0934. The van der Waals surface area contributed by atoms with Crippen molar-refractivity contribution >= 4 is 54.9 Å². The number of nitrogens with zero attached hydrogens (tertiary/aromatic N) is 5. The van der Waals surface area contributed by atoms with Crippen LogP contribution in [0.2, 0.25) is 0 Å². The Labute approximate surface area is 243 Å². The first-order valence-corrected chi connectivity index (χ1v) is 15.0. The van der Waals surface area contributed by atoms with Gasteiger partial charge in [0.1, 0.15) is 10.6 Å². The summed E-state index contributed by atoms with van der Waals surface area (Å²) < 4.78 is 66.9. The van der Waals surface area contributed by atoms with Crippen molar-refractivity contribution in [1.29, 1.82) is 0 Å². The monoisotopic (exact) mass is 632 g/mol. The number of H-pyrrole nitrogens is 1. The number of aromatic amines is 1. The summed E-state index contributed by atoms with van der Waals surface area (Å²) >= 11 is 0. The second-order valence-corrected chi connectivity index (χ2v) is 11.7. The highest BCUT2D eigenvalue weighted by atomic mass is 32.2. The van der Waals surface area contributed by atoms with E-state index in [1.165, 1.54) is 25.1 Å². The van der Waals surface area contributed by atoms with E-state index in [-0.39, 0.29) is 47.1 Å². The molecule has 0 aliphatic heterocycles. The van der Waals surface area contributed by atoms with Crippen molar-refractivity contribution in [2.75, 3.05) is 10.6 Å². The van der Waals surface area contributed by atoms with Gasteiger partial charge in [0.05, 0.1) is 4.90 Å². The Hall–Kier alpha value is -4.98. The largest absolute Gasteiger partial charge is 0.494 e. The quantitative estimate of drug-likeness (QED) is 0.115. The molecule has 0 saturated carbocycles. The van der Waals surface area contributed by atoms with Crippen LogP contribution in [0.3, 0.4) is 0 Å². The first-order valence-electron chi connectivity index (χ1n) is 12.1. The molecule has 43 heavy (non-hydrogen) atoms. The molecular formula is C24H24N8O9S2. The lowest BCUT2D eigenvalue weighted by Gasteiger charge is -2.12. The zero-order chi connectivity index (χ0) is 31.7. The van der Waals surface area contributed by atoms with Crippen LogP contribution >= 0.6 is 0 Å². The Kier molecular flexibility index (Phi) is 8.44. The summed E-state index contributed by atoms with van der Waals surface area (Å²) in [4.78, 5) is 34.1.